The van der Waals surface area contributed by atoms with Gasteiger partial charge in [-0.25, -0.2) is 0 Å². The summed E-state index contributed by atoms with van der Waals surface area (Å²) < 4.78 is 108. The van der Waals surface area contributed by atoms with Crippen LogP contribution in [-0.4, -0.2) is 302 Å². The number of unbranched alkanes of at least 4 members (excludes halogenated alkanes) is 5. The van der Waals surface area contributed by atoms with Gasteiger partial charge in [0.25, 0.3) is 10.1 Å². The molecule has 0 bridgehead atoms. The molecule has 3 atom stereocenters. The van der Waals surface area contributed by atoms with Gasteiger partial charge >= 0.3 is 53.7 Å². The van der Waals surface area contributed by atoms with Crippen LogP contribution >= 0.6 is 0 Å². The lowest BCUT2D eigenvalue weighted by molar-refractivity contribution is -0.401. The molecule has 2 heterocycles. The van der Waals surface area contributed by atoms with E-state index in [9.17, 15) is 75.3 Å². The summed E-state index contributed by atoms with van der Waals surface area (Å²) >= 11 is 0. The first-order valence-electron chi connectivity index (χ1n) is 52.1. The molecule has 0 fully saturated rings. The highest BCUT2D eigenvalue weighted by molar-refractivity contribution is 7.85. The maximum Gasteiger partial charge on any atom is 0.323 e. The van der Waals surface area contributed by atoms with Crippen LogP contribution in [0.3, 0.4) is 0 Å². The fourth-order valence-electron chi connectivity index (χ4n) is 16.7. The van der Waals surface area contributed by atoms with Gasteiger partial charge in [-0.1, -0.05) is 56.7 Å². The van der Waals surface area contributed by atoms with E-state index in [1.165, 1.54) is 32.4 Å². The molecule has 842 valence electrons. The highest BCUT2D eigenvalue weighted by Crippen LogP contribution is 2.49. The Hall–Kier alpha value is -10.1. The Morgan fingerprint density at radius 2 is 0.718 bits per heavy atom. The topological polar surface area (TPSA) is 451 Å². The first kappa shape index (κ1) is 131. The minimum Gasteiger partial charge on any atom is -0.459 e. The number of nitrogens with one attached hydrogen (secondary N) is 4. The van der Waals surface area contributed by atoms with E-state index in [1.54, 1.807) is 193 Å². The number of rotatable bonds is 59. The molecule has 2 aromatic rings. The van der Waals surface area contributed by atoms with E-state index >= 15 is 0 Å². The van der Waals surface area contributed by atoms with Gasteiger partial charge in [0, 0.05) is 86.4 Å². The van der Waals surface area contributed by atoms with Gasteiger partial charge in [0.15, 0.2) is 5.71 Å². The SMILES string of the molecule is C[N+]1=C(/C=C/C=C/C=C2/N(CCCCCC(=O)NC(COCCC(=O)NCCCCC(C(=O)OC(C)(C)C)N(CC(=O)OC(C)(C)C)CC(=O)OC(C)(C)C)(COCCC(=O)NCCCCC(C(=O)OC(C)(C)C)N(CC(=O)OC(C)(C)C)CC(=O)OC(C)(C)C)COCCC(=O)NCCCCC(C(=O)OC(C)(C)C)N(CC(=O)OC(C)(C)C)CC(=O)OC(C)(C)C)c3ccc(S(=O)(=O)O)cc3C2(C)C)C(C)(C)c2ccccc21. The van der Waals surface area contributed by atoms with Crippen molar-refractivity contribution >= 4 is 105 Å². The summed E-state index contributed by atoms with van der Waals surface area (Å²) in [5.41, 5.74) is -5.17. The maximum absolute atomic E-state index is 14.9. The van der Waals surface area contributed by atoms with Crippen LogP contribution in [0.2, 0.25) is 0 Å². The maximum atomic E-state index is 14.9. The van der Waals surface area contributed by atoms with Crippen molar-refractivity contribution in [3.63, 3.8) is 0 Å². The minimum absolute atomic E-state index is 0.0548. The Morgan fingerprint density at radius 1 is 0.389 bits per heavy atom. The molecule has 4 rings (SSSR count). The van der Waals surface area contributed by atoms with Gasteiger partial charge in [-0.15, -0.1) is 0 Å². The lowest BCUT2D eigenvalue weighted by Crippen LogP contribution is -2.58. The number of ether oxygens (including phenoxy) is 12. The first-order valence-corrected chi connectivity index (χ1v) is 53.5. The van der Waals surface area contributed by atoms with Gasteiger partial charge in [0.1, 0.15) is 81.1 Å². The van der Waals surface area contributed by atoms with E-state index in [4.69, 9.17) is 56.8 Å². The Balaban J connectivity index is 1.73. The monoisotopic (exact) mass is 2120 g/mol. The molecule has 0 saturated carbocycles. The van der Waals surface area contributed by atoms with Gasteiger partial charge in [0.05, 0.1) is 89.2 Å². The predicted octanol–water partition coefficient (Wildman–Crippen LogP) is 14.3. The van der Waals surface area contributed by atoms with Gasteiger partial charge in [0.2, 0.25) is 29.3 Å². The quantitative estimate of drug-likeness (QED) is 0.0103. The van der Waals surface area contributed by atoms with Crippen LogP contribution in [0.5, 0.6) is 0 Å². The predicted molar refractivity (Wildman–Crippen MR) is 568 cm³/mol. The van der Waals surface area contributed by atoms with Crippen LogP contribution in [0.15, 0.2) is 83.4 Å². The number of esters is 9. The second-order valence-corrected chi connectivity index (χ2v) is 49.7. The van der Waals surface area contributed by atoms with E-state index < -0.39 is 206 Å². The zero-order chi connectivity index (χ0) is 113. The van der Waals surface area contributed by atoms with Crippen molar-refractivity contribution in [1.29, 1.82) is 0 Å². The lowest BCUT2D eigenvalue weighted by atomic mass is 9.81. The van der Waals surface area contributed by atoms with Crippen LogP contribution in [0.1, 0.15) is 328 Å². The zero-order valence-corrected chi connectivity index (χ0v) is 96.2. The van der Waals surface area contributed by atoms with Crippen LogP contribution in [-0.2, 0) is 140 Å². The summed E-state index contributed by atoms with van der Waals surface area (Å²) in [5.74, 6) is -8.00. The molecular weight excluding hydrogens is 1940 g/mol. The van der Waals surface area contributed by atoms with Gasteiger partial charge in [-0.2, -0.15) is 13.0 Å². The normalized spacial score (nSPS) is 15.5. The van der Waals surface area contributed by atoms with Crippen LogP contribution in [0.4, 0.5) is 11.4 Å². The number of anilines is 1. The molecule has 2 aliphatic rings. The summed E-state index contributed by atoms with van der Waals surface area (Å²) in [6, 6.07) is 9.45. The van der Waals surface area contributed by atoms with Crippen molar-refractivity contribution in [1.82, 2.24) is 36.0 Å². The summed E-state index contributed by atoms with van der Waals surface area (Å²) in [5, 5.41) is 11.8. The Labute approximate surface area is 886 Å². The van der Waals surface area contributed by atoms with Crippen molar-refractivity contribution < 1.29 is 137 Å². The lowest BCUT2D eigenvalue weighted by Gasteiger charge is -2.34. The average Bonchev–Trinajstić information content (AvgIpc) is 1.58. The molecule has 0 aromatic heterocycles. The number of benzene rings is 2. The van der Waals surface area contributed by atoms with E-state index in [0.717, 1.165) is 22.8 Å². The van der Waals surface area contributed by atoms with Crippen molar-refractivity contribution in [3.05, 3.63) is 89.7 Å². The number of hydrogen-bond acceptors (Lipinski definition) is 31. The number of hydrogen-bond donors (Lipinski definition) is 5. The number of carbonyl (C=O) groups excluding carboxylic acids is 13. The second kappa shape index (κ2) is 57.6. The molecule has 2 aromatic carbocycles. The molecule has 37 nitrogen and oxygen atoms in total. The molecule has 0 spiro atoms. The largest absolute Gasteiger partial charge is 0.459 e. The molecule has 149 heavy (non-hydrogen) atoms. The average molecular weight is 2120 g/mol. The number of para-hydroxylation sites is 1. The Kier molecular flexibility index (Phi) is 50.7. The van der Waals surface area contributed by atoms with E-state index in [1.807, 2.05) is 57.3 Å². The standard InChI is InChI=1S/C111H179N9O28S/c1-100(2,3)140-91(125)68-117(69-92(126)141-101(4,5)6)82(97(131)146-106(19,20)21)49-40-43-60-112-87(121)57-64-137-74-111(75-138-65-58-88(122)113-61-44-41-50-83(98(132)147-107(22,23)24)118(70-93(127)142-102(7,8)9)71-94(128)143-103(10,11)12,76-139-66-59-89(123)114-62-45-42-51-84(99(133)148-108(25,26)27)119(72-95(129)144-104(13,14)15)73-96(130)145-105(16,17)18)115-90(124)54-37-34-46-63-120-81-56-55-77(149(134,135)136)67-79(81)110(30,31)86(120)53-36-33-35-52-85-109(28,29)78-47-38-39-48-80(78)116(85)32/h33,35-36,38-39,47-48,52-53,55-56,67,82-84H,34,37,40-46,49-51,54,57-66,68-76H2,1-32H3,(H4-,112,113,114,115,121,122,123,124,134,135,136)/p+1. The Morgan fingerprint density at radius 3 is 1.03 bits per heavy atom. The van der Waals surface area contributed by atoms with Gasteiger partial charge in [-0.05, 0) is 301 Å². The van der Waals surface area contributed by atoms with Crippen molar-refractivity contribution in [2.45, 2.75) is 407 Å². The van der Waals surface area contributed by atoms with E-state index in [-0.39, 0.29) is 115 Å². The van der Waals surface area contributed by atoms with Crippen molar-refractivity contribution in [3.8, 4) is 0 Å². The Bertz CT molecular complexity index is 4660. The first-order chi connectivity index (χ1) is 68.4. The fourth-order valence-corrected chi connectivity index (χ4v) is 17.2. The minimum atomic E-state index is -4.59. The number of carbonyl (C=O) groups is 13. The zero-order valence-electron chi connectivity index (χ0n) is 95.4. The van der Waals surface area contributed by atoms with Crippen molar-refractivity contribution in [2.75, 3.05) is 117 Å². The van der Waals surface area contributed by atoms with Crippen LogP contribution in [0, 0.1) is 0 Å². The smallest absolute Gasteiger partial charge is 0.323 e. The van der Waals surface area contributed by atoms with Crippen LogP contribution < -0.4 is 26.2 Å². The number of allylic oxidation sites excluding steroid dienone is 6. The van der Waals surface area contributed by atoms with Crippen molar-refractivity contribution in [2.24, 2.45) is 0 Å². The molecule has 4 amide bonds. The molecule has 0 saturated heterocycles. The third kappa shape index (κ3) is 51.7. The molecule has 2 aliphatic heterocycles. The van der Waals surface area contributed by atoms with E-state index in [2.05, 4.69) is 62.8 Å². The molecule has 38 heteroatoms. The summed E-state index contributed by atoms with van der Waals surface area (Å²) in [4.78, 5) is 185. The molecular formula is C111H180N9O28S+. The number of fused-ring (bicyclic) bond motifs is 2. The number of amides is 4. The third-order valence-electron chi connectivity index (χ3n) is 22.6. The molecule has 5 N–H and O–H groups in total. The van der Waals surface area contributed by atoms with Crippen LogP contribution in [0.25, 0.3) is 0 Å². The molecule has 3 unspecified atom stereocenters. The summed E-state index contributed by atoms with van der Waals surface area (Å²) in [7, 11) is -2.55. The highest BCUT2D eigenvalue weighted by Gasteiger charge is 2.46. The second-order valence-electron chi connectivity index (χ2n) is 48.3. The summed E-state index contributed by atoms with van der Waals surface area (Å²) in [6.45, 7) is 50.4. The van der Waals surface area contributed by atoms with Gasteiger partial charge < -0.3 is 83.0 Å². The molecule has 0 radical (unpaired) electrons. The fraction of sp³-hybridized carbons (Fsp3) is 0.712. The van der Waals surface area contributed by atoms with E-state index in [0.29, 0.717) is 69.9 Å². The third-order valence-corrected chi connectivity index (χ3v) is 23.5. The highest BCUT2D eigenvalue weighted by atomic mass is 32.2. The molecule has 0 aliphatic carbocycles. The number of nitrogens with zero attached hydrogens (tertiary/aromatic N) is 5. The summed E-state index contributed by atoms with van der Waals surface area (Å²) in [6.07, 6.45) is 12.8. The van der Waals surface area contributed by atoms with Gasteiger partial charge in [-0.3, -0.25) is 81.6 Å².